The van der Waals surface area contributed by atoms with Crippen LogP contribution in [0.5, 0.6) is 0 Å². The van der Waals surface area contributed by atoms with E-state index < -0.39 is 5.82 Å². The van der Waals surface area contributed by atoms with Crippen LogP contribution >= 0.6 is 11.6 Å². The summed E-state index contributed by atoms with van der Waals surface area (Å²) in [7, 11) is 0. The third-order valence-electron chi connectivity index (χ3n) is 4.61. The number of hydrogen-bond acceptors (Lipinski definition) is 2. The molecular weight excluding hydrogens is 375 g/mol. The summed E-state index contributed by atoms with van der Waals surface area (Å²) in [4.78, 5) is 12.5. The Labute approximate surface area is 168 Å². The third kappa shape index (κ3) is 3.58. The minimum atomic E-state index is -0.416. The number of H-pyrrole nitrogens is 1. The van der Waals surface area contributed by atoms with Crippen LogP contribution in [-0.2, 0) is 6.54 Å². The van der Waals surface area contributed by atoms with Crippen LogP contribution in [0, 0.1) is 5.82 Å². The molecule has 4 nitrogen and oxygen atoms in total. The topological polar surface area (TPSA) is 46.5 Å². The molecule has 28 heavy (non-hydrogen) atoms. The molecular formula is C22H20ClFN4. The number of halogens is 2. The van der Waals surface area contributed by atoms with Crippen LogP contribution in [0.4, 0.5) is 4.39 Å². The molecule has 2 aromatic heterocycles. The average Bonchev–Trinajstić information content (AvgIpc) is 3.34. The van der Waals surface area contributed by atoms with Gasteiger partial charge in [0.15, 0.2) is 0 Å². The SMILES string of the molecule is CCCCn1cnc(-c2[nH]c(-c3c(F)cccc3Cl)nc2-c2ccccc2)c1. The summed E-state index contributed by atoms with van der Waals surface area (Å²) in [6.07, 6.45) is 6.00. The molecule has 1 N–H and O–H groups in total. The molecule has 0 amide bonds. The van der Waals surface area contributed by atoms with Crippen molar-refractivity contribution in [3.05, 3.63) is 71.9 Å². The van der Waals surface area contributed by atoms with Crippen LogP contribution in [0.3, 0.4) is 0 Å². The predicted octanol–water partition coefficient (Wildman–Crippen LogP) is 6.20. The fraction of sp³-hybridized carbons (Fsp3) is 0.182. The van der Waals surface area contributed by atoms with E-state index in [4.69, 9.17) is 16.6 Å². The molecule has 0 aliphatic heterocycles. The molecule has 6 heteroatoms. The summed E-state index contributed by atoms with van der Waals surface area (Å²) in [5.41, 5.74) is 3.42. The normalized spacial score (nSPS) is 11.1. The first-order valence-electron chi connectivity index (χ1n) is 9.29. The van der Waals surface area contributed by atoms with E-state index in [-0.39, 0.29) is 5.56 Å². The van der Waals surface area contributed by atoms with Gasteiger partial charge in [-0.1, -0.05) is 61.3 Å². The van der Waals surface area contributed by atoms with E-state index in [2.05, 4.69) is 21.5 Å². The first-order valence-corrected chi connectivity index (χ1v) is 9.67. The number of nitrogens with one attached hydrogen (secondary N) is 1. The standard InChI is InChI=1S/C22H20ClFN4/c1-2-3-12-28-13-18(25-14-28)21-20(15-8-5-4-6-9-15)26-22(27-21)19-16(23)10-7-11-17(19)24/h4-11,13-14H,2-3,12H2,1H3,(H,26,27). The first kappa shape index (κ1) is 18.4. The maximum atomic E-state index is 14.5. The molecule has 4 rings (SSSR count). The number of aromatic nitrogens is 4. The van der Waals surface area contributed by atoms with E-state index in [9.17, 15) is 4.39 Å². The van der Waals surface area contributed by atoms with Crippen LogP contribution in [0.25, 0.3) is 34.0 Å². The van der Waals surface area contributed by atoms with Crippen molar-refractivity contribution in [1.29, 1.82) is 0 Å². The summed E-state index contributed by atoms with van der Waals surface area (Å²) in [5.74, 6) is -0.0269. The van der Waals surface area contributed by atoms with Gasteiger partial charge in [0.25, 0.3) is 0 Å². The Balaban J connectivity index is 1.85. The molecule has 0 atom stereocenters. The van der Waals surface area contributed by atoms with E-state index in [1.54, 1.807) is 12.1 Å². The quantitative estimate of drug-likeness (QED) is 0.423. The molecule has 0 fully saturated rings. The fourth-order valence-electron chi connectivity index (χ4n) is 3.16. The molecule has 0 radical (unpaired) electrons. The Morgan fingerprint density at radius 3 is 2.68 bits per heavy atom. The van der Waals surface area contributed by atoms with E-state index in [0.29, 0.717) is 10.8 Å². The van der Waals surface area contributed by atoms with Gasteiger partial charge in [-0.2, -0.15) is 0 Å². The fourth-order valence-corrected chi connectivity index (χ4v) is 3.41. The smallest absolute Gasteiger partial charge is 0.143 e. The summed E-state index contributed by atoms with van der Waals surface area (Å²) < 4.78 is 16.5. The van der Waals surface area contributed by atoms with Crippen molar-refractivity contribution >= 4 is 11.6 Å². The van der Waals surface area contributed by atoms with Crippen molar-refractivity contribution in [2.75, 3.05) is 0 Å². The lowest BCUT2D eigenvalue weighted by Gasteiger charge is -2.01. The lowest BCUT2D eigenvalue weighted by atomic mass is 10.1. The Kier molecular flexibility index (Phi) is 5.26. The Bertz CT molecular complexity index is 1060. The highest BCUT2D eigenvalue weighted by Gasteiger charge is 2.20. The number of aromatic amines is 1. The highest BCUT2D eigenvalue weighted by molar-refractivity contribution is 6.33. The van der Waals surface area contributed by atoms with Gasteiger partial charge in [-0.15, -0.1) is 0 Å². The Morgan fingerprint density at radius 2 is 1.93 bits per heavy atom. The van der Waals surface area contributed by atoms with Crippen molar-refractivity contribution in [3.8, 4) is 34.0 Å². The van der Waals surface area contributed by atoms with Crippen LogP contribution in [-0.4, -0.2) is 19.5 Å². The summed E-state index contributed by atoms with van der Waals surface area (Å²) in [5, 5.41) is 0.313. The number of benzene rings is 2. The molecule has 0 saturated carbocycles. The highest BCUT2D eigenvalue weighted by atomic mass is 35.5. The van der Waals surface area contributed by atoms with E-state index in [1.807, 2.05) is 42.9 Å². The van der Waals surface area contributed by atoms with Crippen molar-refractivity contribution in [1.82, 2.24) is 19.5 Å². The van der Waals surface area contributed by atoms with Gasteiger partial charge >= 0.3 is 0 Å². The van der Waals surface area contributed by atoms with Gasteiger partial charge in [0.1, 0.15) is 17.3 Å². The second kappa shape index (κ2) is 7.98. The van der Waals surface area contributed by atoms with Gasteiger partial charge in [0.2, 0.25) is 0 Å². The van der Waals surface area contributed by atoms with Crippen molar-refractivity contribution < 1.29 is 4.39 Å². The molecule has 0 spiro atoms. The van der Waals surface area contributed by atoms with Crippen LogP contribution < -0.4 is 0 Å². The molecule has 2 heterocycles. The maximum absolute atomic E-state index is 14.5. The van der Waals surface area contributed by atoms with Crippen molar-refractivity contribution in [3.63, 3.8) is 0 Å². The molecule has 0 unspecified atom stereocenters. The Hall–Kier alpha value is -2.92. The molecule has 2 aromatic carbocycles. The number of rotatable bonds is 6. The minimum absolute atomic E-state index is 0.262. The maximum Gasteiger partial charge on any atom is 0.143 e. The van der Waals surface area contributed by atoms with Gasteiger partial charge in [0.05, 0.1) is 28.3 Å². The zero-order valence-corrected chi connectivity index (χ0v) is 16.2. The summed E-state index contributed by atoms with van der Waals surface area (Å²) in [6.45, 7) is 3.06. The lowest BCUT2D eigenvalue weighted by molar-refractivity contribution is 0.630. The first-order chi connectivity index (χ1) is 13.7. The minimum Gasteiger partial charge on any atom is -0.337 e. The van der Waals surface area contributed by atoms with E-state index in [0.717, 1.165) is 42.0 Å². The summed E-state index contributed by atoms with van der Waals surface area (Å²) >= 11 is 6.26. The van der Waals surface area contributed by atoms with Crippen LogP contribution in [0.2, 0.25) is 5.02 Å². The summed E-state index contributed by atoms with van der Waals surface area (Å²) in [6, 6.07) is 14.4. The number of nitrogens with zero attached hydrogens (tertiary/aromatic N) is 3. The molecule has 142 valence electrons. The molecule has 0 aliphatic carbocycles. The van der Waals surface area contributed by atoms with Gasteiger partial charge in [-0.05, 0) is 18.6 Å². The third-order valence-corrected chi connectivity index (χ3v) is 4.92. The molecule has 0 saturated heterocycles. The largest absolute Gasteiger partial charge is 0.337 e. The average molecular weight is 395 g/mol. The number of unbranched alkanes of at least 4 members (excludes halogenated alkanes) is 1. The molecule has 0 bridgehead atoms. The zero-order valence-electron chi connectivity index (χ0n) is 15.5. The van der Waals surface area contributed by atoms with Crippen LogP contribution in [0.1, 0.15) is 19.8 Å². The van der Waals surface area contributed by atoms with Gasteiger partial charge in [-0.25, -0.2) is 14.4 Å². The number of aryl methyl sites for hydroxylation is 1. The molecule has 0 aliphatic rings. The second-order valence-corrected chi connectivity index (χ2v) is 7.03. The zero-order chi connectivity index (χ0) is 19.5. The van der Waals surface area contributed by atoms with Gasteiger partial charge in [-0.3, -0.25) is 0 Å². The predicted molar refractivity (Wildman–Crippen MR) is 111 cm³/mol. The van der Waals surface area contributed by atoms with Gasteiger partial charge < -0.3 is 9.55 Å². The van der Waals surface area contributed by atoms with E-state index in [1.165, 1.54) is 6.07 Å². The number of hydrogen-bond donors (Lipinski definition) is 1. The highest BCUT2D eigenvalue weighted by Crippen LogP contribution is 2.35. The van der Waals surface area contributed by atoms with Crippen LogP contribution in [0.15, 0.2) is 61.1 Å². The van der Waals surface area contributed by atoms with Crippen molar-refractivity contribution in [2.24, 2.45) is 0 Å². The lowest BCUT2D eigenvalue weighted by Crippen LogP contribution is -1.92. The number of imidazole rings is 2. The van der Waals surface area contributed by atoms with E-state index >= 15 is 0 Å². The molecule has 4 aromatic rings. The van der Waals surface area contributed by atoms with Gasteiger partial charge in [0, 0.05) is 18.3 Å². The Morgan fingerprint density at radius 1 is 1.11 bits per heavy atom. The second-order valence-electron chi connectivity index (χ2n) is 6.62. The monoisotopic (exact) mass is 394 g/mol. The van der Waals surface area contributed by atoms with Crippen molar-refractivity contribution in [2.45, 2.75) is 26.3 Å².